The van der Waals surface area contributed by atoms with Crippen molar-refractivity contribution in [3.05, 3.63) is 47.0 Å². The quantitative estimate of drug-likeness (QED) is 0.593. The molecule has 0 aliphatic heterocycles. The summed E-state index contributed by atoms with van der Waals surface area (Å²) in [7, 11) is 0. The summed E-state index contributed by atoms with van der Waals surface area (Å²) in [6, 6.07) is 7.95. The number of carbonyl (C=O) groups is 1. The average molecular weight is 328 g/mol. The van der Waals surface area contributed by atoms with Crippen molar-refractivity contribution in [2.24, 2.45) is 0 Å². The number of carbonyl (C=O) groups excluding carboxylic acids is 1. The SMILES string of the molecule is C=C[C@H](SC(=O)NCCCC)c1ccc(Br)cc1. The molecule has 0 fully saturated rings. The maximum atomic E-state index is 11.7. The number of hydrogen-bond acceptors (Lipinski definition) is 2. The summed E-state index contributed by atoms with van der Waals surface area (Å²) >= 11 is 4.67. The second-order valence-corrected chi connectivity index (χ2v) is 5.92. The summed E-state index contributed by atoms with van der Waals surface area (Å²) in [4.78, 5) is 11.7. The minimum absolute atomic E-state index is 0.000253. The standard InChI is InChI=1S/C14H18BrNOS/c1-3-5-10-16-14(17)18-13(4-2)11-6-8-12(15)9-7-11/h4,6-9,13H,2-3,5,10H2,1H3,(H,16,17)/t13-/m0/s1. The van der Waals surface area contributed by atoms with E-state index in [0.29, 0.717) is 0 Å². The number of rotatable bonds is 6. The number of amides is 1. The molecule has 1 rings (SSSR count). The van der Waals surface area contributed by atoms with Crippen LogP contribution in [0.2, 0.25) is 0 Å². The Bertz CT molecular complexity index is 391. The number of unbranched alkanes of at least 4 members (excludes halogenated alkanes) is 1. The van der Waals surface area contributed by atoms with E-state index in [-0.39, 0.29) is 10.5 Å². The van der Waals surface area contributed by atoms with Crippen LogP contribution in [0.4, 0.5) is 4.79 Å². The average Bonchev–Trinajstić information content (AvgIpc) is 2.37. The van der Waals surface area contributed by atoms with Crippen LogP contribution in [0.3, 0.4) is 0 Å². The van der Waals surface area contributed by atoms with Crippen molar-refractivity contribution in [3.8, 4) is 0 Å². The van der Waals surface area contributed by atoms with Crippen LogP contribution in [-0.2, 0) is 0 Å². The van der Waals surface area contributed by atoms with Gasteiger partial charge in [0.1, 0.15) is 0 Å². The van der Waals surface area contributed by atoms with Gasteiger partial charge in [0.05, 0.1) is 5.25 Å². The highest BCUT2D eigenvalue weighted by Gasteiger charge is 2.13. The molecule has 1 N–H and O–H groups in total. The van der Waals surface area contributed by atoms with Gasteiger partial charge < -0.3 is 5.32 Å². The predicted octanol–water partition coefficient (Wildman–Crippen LogP) is 4.92. The Kier molecular flexibility index (Phi) is 7.13. The van der Waals surface area contributed by atoms with Crippen molar-refractivity contribution < 1.29 is 4.79 Å². The number of halogens is 1. The molecule has 0 heterocycles. The van der Waals surface area contributed by atoms with Gasteiger partial charge in [0, 0.05) is 11.0 Å². The number of benzene rings is 1. The molecular formula is C14H18BrNOS. The van der Waals surface area contributed by atoms with Crippen molar-refractivity contribution in [2.75, 3.05) is 6.54 Å². The second-order valence-electron chi connectivity index (χ2n) is 3.89. The van der Waals surface area contributed by atoms with Crippen molar-refractivity contribution in [3.63, 3.8) is 0 Å². The molecule has 18 heavy (non-hydrogen) atoms. The molecule has 0 radical (unpaired) electrons. The lowest BCUT2D eigenvalue weighted by Crippen LogP contribution is -2.20. The first kappa shape index (κ1) is 15.3. The number of thioether (sulfide) groups is 1. The summed E-state index contributed by atoms with van der Waals surface area (Å²) in [6.07, 6.45) is 3.90. The zero-order valence-electron chi connectivity index (χ0n) is 10.5. The van der Waals surface area contributed by atoms with Gasteiger partial charge in [-0.1, -0.05) is 59.2 Å². The Morgan fingerprint density at radius 2 is 2.17 bits per heavy atom. The number of hydrogen-bond donors (Lipinski definition) is 1. The lowest BCUT2D eigenvalue weighted by atomic mass is 10.1. The van der Waals surface area contributed by atoms with E-state index < -0.39 is 0 Å². The summed E-state index contributed by atoms with van der Waals surface area (Å²) in [5.74, 6) is 0. The van der Waals surface area contributed by atoms with E-state index in [1.54, 1.807) is 6.08 Å². The van der Waals surface area contributed by atoms with E-state index in [2.05, 4.69) is 34.7 Å². The Labute approximate surface area is 121 Å². The molecule has 0 aromatic heterocycles. The fraction of sp³-hybridized carbons (Fsp3) is 0.357. The molecule has 0 bridgehead atoms. The highest BCUT2D eigenvalue weighted by atomic mass is 79.9. The minimum Gasteiger partial charge on any atom is -0.347 e. The molecule has 0 spiro atoms. The molecule has 1 amide bonds. The minimum atomic E-state index is -0.000253. The van der Waals surface area contributed by atoms with E-state index in [1.807, 2.05) is 24.3 Å². The first-order valence-electron chi connectivity index (χ1n) is 6.00. The molecule has 1 aromatic carbocycles. The van der Waals surface area contributed by atoms with Crippen LogP contribution < -0.4 is 5.32 Å². The van der Waals surface area contributed by atoms with E-state index >= 15 is 0 Å². The van der Waals surface area contributed by atoms with Gasteiger partial charge >= 0.3 is 0 Å². The van der Waals surface area contributed by atoms with Gasteiger partial charge in [-0.15, -0.1) is 6.58 Å². The monoisotopic (exact) mass is 327 g/mol. The van der Waals surface area contributed by atoms with Gasteiger partial charge in [0.15, 0.2) is 0 Å². The Morgan fingerprint density at radius 1 is 1.50 bits per heavy atom. The van der Waals surface area contributed by atoms with Gasteiger partial charge in [-0.05, 0) is 24.1 Å². The summed E-state index contributed by atoms with van der Waals surface area (Å²) in [5, 5.41) is 2.91. The third kappa shape index (κ3) is 5.27. The fourth-order valence-corrected chi connectivity index (χ4v) is 2.50. The van der Waals surface area contributed by atoms with E-state index in [4.69, 9.17) is 0 Å². The maximum absolute atomic E-state index is 11.7. The topological polar surface area (TPSA) is 29.1 Å². The Hall–Kier alpha value is -0.740. The first-order chi connectivity index (χ1) is 8.67. The maximum Gasteiger partial charge on any atom is 0.279 e. The fourth-order valence-electron chi connectivity index (χ4n) is 1.43. The zero-order valence-corrected chi connectivity index (χ0v) is 12.9. The smallest absolute Gasteiger partial charge is 0.279 e. The van der Waals surface area contributed by atoms with Crippen LogP contribution in [0.5, 0.6) is 0 Å². The second kappa shape index (κ2) is 8.38. The lowest BCUT2D eigenvalue weighted by Gasteiger charge is -2.12. The molecule has 0 saturated heterocycles. The molecule has 0 unspecified atom stereocenters. The normalized spacial score (nSPS) is 11.9. The van der Waals surface area contributed by atoms with Crippen LogP contribution in [0.1, 0.15) is 30.6 Å². The summed E-state index contributed by atoms with van der Waals surface area (Å²) in [5.41, 5.74) is 1.09. The molecule has 0 aliphatic carbocycles. The Balaban J connectivity index is 2.53. The Morgan fingerprint density at radius 3 is 2.72 bits per heavy atom. The van der Waals surface area contributed by atoms with Gasteiger partial charge in [-0.3, -0.25) is 4.79 Å². The van der Waals surface area contributed by atoms with Crippen molar-refractivity contribution >= 4 is 32.9 Å². The lowest BCUT2D eigenvalue weighted by molar-refractivity contribution is 0.260. The highest BCUT2D eigenvalue weighted by molar-refractivity contribution is 9.10. The summed E-state index contributed by atoms with van der Waals surface area (Å²) in [6.45, 7) is 6.64. The van der Waals surface area contributed by atoms with Crippen molar-refractivity contribution in [2.45, 2.75) is 25.0 Å². The zero-order chi connectivity index (χ0) is 13.4. The summed E-state index contributed by atoms with van der Waals surface area (Å²) < 4.78 is 1.03. The molecular weight excluding hydrogens is 310 g/mol. The van der Waals surface area contributed by atoms with E-state index in [1.165, 1.54) is 11.8 Å². The van der Waals surface area contributed by atoms with Gasteiger partial charge in [0.2, 0.25) is 0 Å². The molecule has 1 aromatic rings. The largest absolute Gasteiger partial charge is 0.347 e. The highest BCUT2D eigenvalue weighted by Crippen LogP contribution is 2.30. The number of nitrogens with one attached hydrogen (secondary N) is 1. The molecule has 2 nitrogen and oxygen atoms in total. The van der Waals surface area contributed by atoms with Gasteiger partial charge in [-0.2, -0.15) is 0 Å². The molecule has 0 saturated carbocycles. The van der Waals surface area contributed by atoms with Gasteiger partial charge in [-0.25, -0.2) is 0 Å². The van der Waals surface area contributed by atoms with Crippen molar-refractivity contribution in [1.82, 2.24) is 5.32 Å². The predicted molar refractivity (Wildman–Crippen MR) is 83.0 cm³/mol. The third-order valence-electron chi connectivity index (χ3n) is 2.45. The van der Waals surface area contributed by atoms with Crippen LogP contribution in [-0.4, -0.2) is 11.8 Å². The van der Waals surface area contributed by atoms with Crippen LogP contribution in [0.25, 0.3) is 0 Å². The van der Waals surface area contributed by atoms with E-state index in [9.17, 15) is 4.79 Å². The molecule has 4 heteroatoms. The van der Waals surface area contributed by atoms with Crippen molar-refractivity contribution in [1.29, 1.82) is 0 Å². The molecule has 0 aliphatic rings. The third-order valence-corrected chi connectivity index (χ3v) is 4.05. The van der Waals surface area contributed by atoms with E-state index in [0.717, 1.165) is 29.4 Å². The molecule has 1 atom stereocenters. The van der Waals surface area contributed by atoms with Crippen LogP contribution >= 0.6 is 27.7 Å². The van der Waals surface area contributed by atoms with Gasteiger partial charge in [0.25, 0.3) is 5.24 Å². The van der Waals surface area contributed by atoms with Crippen LogP contribution in [0, 0.1) is 0 Å². The van der Waals surface area contributed by atoms with Crippen LogP contribution in [0.15, 0.2) is 41.4 Å². The molecule has 98 valence electrons. The first-order valence-corrected chi connectivity index (χ1v) is 7.67.